The van der Waals surface area contributed by atoms with Gasteiger partial charge >= 0.3 is 17.6 Å². The zero-order valence-corrected chi connectivity index (χ0v) is 8.25. The van der Waals surface area contributed by atoms with Crippen molar-refractivity contribution in [1.82, 2.24) is 9.38 Å². The molecular formula is C9H7N3O4. The zero-order chi connectivity index (χ0) is 11.9. The number of carboxylic acid groups (broad SMARTS) is 1. The van der Waals surface area contributed by atoms with Gasteiger partial charge in [-0.2, -0.15) is 0 Å². The van der Waals surface area contributed by atoms with Gasteiger partial charge in [-0.05, 0) is 28.5 Å². The van der Waals surface area contributed by atoms with Crippen molar-refractivity contribution in [2.75, 3.05) is 0 Å². The molecule has 0 bridgehead atoms. The standard InChI is InChI=1S/C9H7N3O4/c1-5-2-3-6-7(12(15)16)10-8(9(13)14)11(6)4-5/h2-4H,1H3,(H,13,14). The number of hydrogen-bond donors (Lipinski definition) is 1. The molecule has 0 amide bonds. The number of nitro groups is 1. The first-order valence-electron chi connectivity index (χ1n) is 4.37. The van der Waals surface area contributed by atoms with Gasteiger partial charge in [0.05, 0.1) is 0 Å². The second-order valence-electron chi connectivity index (χ2n) is 3.28. The largest absolute Gasteiger partial charge is 0.474 e. The van der Waals surface area contributed by atoms with Crippen LogP contribution in [0.25, 0.3) is 5.52 Å². The summed E-state index contributed by atoms with van der Waals surface area (Å²) in [6.45, 7) is 1.76. The molecule has 2 heterocycles. The van der Waals surface area contributed by atoms with Crippen LogP contribution in [-0.2, 0) is 0 Å². The van der Waals surface area contributed by atoms with Crippen molar-refractivity contribution >= 4 is 17.3 Å². The molecule has 0 aliphatic heterocycles. The molecule has 0 aliphatic rings. The minimum Gasteiger partial charge on any atom is -0.474 e. The summed E-state index contributed by atoms with van der Waals surface area (Å²) < 4.78 is 1.20. The van der Waals surface area contributed by atoms with Gasteiger partial charge in [-0.3, -0.25) is 4.40 Å². The number of aromatic carboxylic acids is 1. The molecule has 0 fully saturated rings. The summed E-state index contributed by atoms with van der Waals surface area (Å²) >= 11 is 0. The number of nitrogens with zero attached hydrogens (tertiary/aromatic N) is 3. The fourth-order valence-corrected chi connectivity index (χ4v) is 1.46. The molecule has 0 saturated heterocycles. The van der Waals surface area contributed by atoms with E-state index < -0.39 is 16.7 Å². The summed E-state index contributed by atoms with van der Waals surface area (Å²) in [5.41, 5.74) is 0.968. The van der Waals surface area contributed by atoms with Crippen molar-refractivity contribution in [2.24, 2.45) is 0 Å². The van der Waals surface area contributed by atoms with Gasteiger partial charge in [-0.15, -0.1) is 0 Å². The number of carbonyl (C=O) groups is 1. The average molecular weight is 221 g/mol. The van der Waals surface area contributed by atoms with E-state index in [-0.39, 0.29) is 11.3 Å². The lowest BCUT2D eigenvalue weighted by Crippen LogP contribution is -2.03. The fraction of sp³-hybridized carbons (Fsp3) is 0.111. The molecular weight excluding hydrogens is 214 g/mol. The lowest BCUT2D eigenvalue weighted by Gasteiger charge is -1.95. The van der Waals surface area contributed by atoms with E-state index in [1.54, 1.807) is 13.0 Å². The first kappa shape index (κ1) is 10.1. The van der Waals surface area contributed by atoms with E-state index in [2.05, 4.69) is 4.98 Å². The zero-order valence-electron chi connectivity index (χ0n) is 8.25. The Labute approximate surface area is 89.1 Å². The lowest BCUT2D eigenvalue weighted by atomic mass is 10.3. The van der Waals surface area contributed by atoms with Crippen molar-refractivity contribution in [1.29, 1.82) is 0 Å². The van der Waals surface area contributed by atoms with Crippen LogP contribution in [0.4, 0.5) is 5.82 Å². The molecule has 7 nitrogen and oxygen atoms in total. The number of aryl methyl sites for hydroxylation is 1. The summed E-state index contributed by atoms with van der Waals surface area (Å²) in [4.78, 5) is 24.3. The summed E-state index contributed by atoms with van der Waals surface area (Å²) in [5.74, 6) is -2.10. The van der Waals surface area contributed by atoms with Crippen molar-refractivity contribution in [3.8, 4) is 0 Å². The molecule has 0 spiro atoms. The summed E-state index contributed by atoms with van der Waals surface area (Å²) in [7, 11) is 0. The number of pyridine rings is 1. The van der Waals surface area contributed by atoms with E-state index >= 15 is 0 Å². The highest BCUT2D eigenvalue weighted by Crippen LogP contribution is 2.20. The average Bonchev–Trinajstić information content (AvgIpc) is 2.56. The molecule has 0 aromatic carbocycles. The Morgan fingerprint density at radius 1 is 1.56 bits per heavy atom. The van der Waals surface area contributed by atoms with Crippen LogP contribution in [0, 0.1) is 17.0 Å². The molecule has 0 atom stereocenters. The topological polar surface area (TPSA) is 97.7 Å². The lowest BCUT2D eigenvalue weighted by molar-refractivity contribution is -0.387. The second-order valence-corrected chi connectivity index (χ2v) is 3.28. The van der Waals surface area contributed by atoms with Crippen LogP contribution in [0.15, 0.2) is 18.3 Å². The van der Waals surface area contributed by atoms with Gasteiger partial charge < -0.3 is 15.2 Å². The van der Waals surface area contributed by atoms with E-state index in [4.69, 9.17) is 5.11 Å². The Morgan fingerprint density at radius 3 is 2.81 bits per heavy atom. The van der Waals surface area contributed by atoms with Crippen LogP contribution < -0.4 is 0 Å². The molecule has 2 aromatic rings. The number of carboxylic acids is 1. The predicted molar refractivity (Wildman–Crippen MR) is 53.5 cm³/mol. The SMILES string of the molecule is Cc1ccc2c([N+](=O)[O-])nc(C(=O)O)n2c1. The third kappa shape index (κ3) is 1.38. The van der Waals surface area contributed by atoms with E-state index in [1.807, 2.05) is 0 Å². The molecule has 0 unspecified atom stereocenters. The van der Waals surface area contributed by atoms with Crippen LogP contribution in [0.2, 0.25) is 0 Å². The van der Waals surface area contributed by atoms with Gasteiger partial charge in [0.25, 0.3) is 0 Å². The van der Waals surface area contributed by atoms with Gasteiger partial charge in [0.2, 0.25) is 0 Å². The first-order valence-corrected chi connectivity index (χ1v) is 4.37. The van der Waals surface area contributed by atoms with Crippen molar-refractivity contribution < 1.29 is 14.8 Å². The van der Waals surface area contributed by atoms with Crippen LogP contribution in [0.1, 0.15) is 16.2 Å². The molecule has 0 aliphatic carbocycles. The van der Waals surface area contributed by atoms with Crippen LogP contribution in [0.3, 0.4) is 0 Å². The number of aromatic nitrogens is 2. The van der Waals surface area contributed by atoms with E-state index in [9.17, 15) is 14.9 Å². The number of fused-ring (bicyclic) bond motifs is 1. The number of rotatable bonds is 2. The summed E-state index contributed by atoms with van der Waals surface area (Å²) in [5, 5.41) is 19.5. The molecule has 0 radical (unpaired) electrons. The highest BCUT2D eigenvalue weighted by molar-refractivity contribution is 5.86. The molecule has 0 saturated carbocycles. The molecule has 16 heavy (non-hydrogen) atoms. The van der Waals surface area contributed by atoms with Crippen molar-refractivity contribution in [3.05, 3.63) is 39.8 Å². The van der Waals surface area contributed by atoms with Gasteiger partial charge in [0.1, 0.15) is 5.52 Å². The summed E-state index contributed by atoms with van der Waals surface area (Å²) in [6.07, 6.45) is 1.50. The summed E-state index contributed by atoms with van der Waals surface area (Å²) in [6, 6.07) is 3.14. The van der Waals surface area contributed by atoms with E-state index in [1.165, 1.54) is 16.7 Å². The number of hydrogen-bond acceptors (Lipinski definition) is 4. The smallest absolute Gasteiger partial charge is 0.399 e. The maximum absolute atomic E-state index is 10.9. The normalized spacial score (nSPS) is 10.6. The van der Waals surface area contributed by atoms with Crippen LogP contribution in [-0.4, -0.2) is 25.4 Å². The number of imidazole rings is 1. The molecule has 2 aromatic heterocycles. The Morgan fingerprint density at radius 2 is 2.25 bits per heavy atom. The Hall–Kier alpha value is -2.44. The quantitative estimate of drug-likeness (QED) is 0.607. The maximum atomic E-state index is 10.9. The third-order valence-corrected chi connectivity index (χ3v) is 2.13. The molecule has 2 rings (SSSR count). The minimum absolute atomic E-state index is 0.174. The Bertz CT molecular complexity index is 602. The second kappa shape index (κ2) is 3.30. The molecule has 7 heteroatoms. The highest BCUT2D eigenvalue weighted by atomic mass is 16.6. The molecule has 1 N–H and O–H groups in total. The van der Waals surface area contributed by atoms with Crippen molar-refractivity contribution in [2.45, 2.75) is 6.92 Å². The van der Waals surface area contributed by atoms with Gasteiger partial charge in [-0.1, -0.05) is 6.07 Å². The molecule has 82 valence electrons. The van der Waals surface area contributed by atoms with Gasteiger partial charge in [0, 0.05) is 6.20 Å². The monoisotopic (exact) mass is 221 g/mol. The minimum atomic E-state index is -1.30. The van der Waals surface area contributed by atoms with Crippen LogP contribution >= 0.6 is 0 Å². The van der Waals surface area contributed by atoms with Crippen molar-refractivity contribution in [3.63, 3.8) is 0 Å². The van der Waals surface area contributed by atoms with E-state index in [0.717, 1.165) is 5.56 Å². The van der Waals surface area contributed by atoms with Gasteiger partial charge in [-0.25, -0.2) is 4.79 Å². The van der Waals surface area contributed by atoms with Crippen LogP contribution in [0.5, 0.6) is 0 Å². The third-order valence-electron chi connectivity index (χ3n) is 2.13. The Balaban J connectivity index is 2.87. The van der Waals surface area contributed by atoms with Gasteiger partial charge in [0.15, 0.2) is 0 Å². The maximum Gasteiger partial charge on any atom is 0.399 e. The highest BCUT2D eigenvalue weighted by Gasteiger charge is 2.26. The Kier molecular flexibility index (Phi) is 2.08. The fourth-order valence-electron chi connectivity index (χ4n) is 1.46. The first-order chi connectivity index (χ1) is 7.50. The predicted octanol–water partition coefficient (Wildman–Crippen LogP) is 1.25. The van der Waals surface area contributed by atoms with E-state index in [0.29, 0.717) is 0 Å².